The smallest absolute Gasteiger partial charge is 0.310 e. The van der Waals surface area contributed by atoms with Gasteiger partial charge in [-0.3, -0.25) is 0 Å². The molecule has 0 saturated heterocycles. The van der Waals surface area contributed by atoms with Gasteiger partial charge in [0, 0.05) is 0 Å². The zero-order valence-electron chi connectivity index (χ0n) is 4.30. The quantitative estimate of drug-likeness (QED) is 0.498. The van der Waals surface area contributed by atoms with Crippen LogP contribution in [0.5, 0.6) is 0 Å². The van der Waals surface area contributed by atoms with Crippen LogP contribution < -0.4 is 0 Å². The highest BCUT2D eigenvalue weighted by Crippen LogP contribution is 2.15. The predicted octanol–water partition coefficient (Wildman–Crippen LogP) is -0.0842. The van der Waals surface area contributed by atoms with Gasteiger partial charge in [0.15, 0.2) is 0 Å². The van der Waals surface area contributed by atoms with Gasteiger partial charge >= 0.3 is 5.97 Å². The van der Waals surface area contributed by atoms with Gasteiger partial charge < -0.3 is 15.3 Å². The Bertz CT molecular complexity index is 102. The Kier molecular flexibility index (Phi) is 2.62. The summed E-state index contributed by atoms with van der Waals surface area (Å²) in [4.78, 5) is 0. The van der Waals surface area contributed by atoms with Crippen LogP contribution >= 0.6 is 15.9 Å². The minimum Gasteiger partial charge on any atom is -0.339 e. The fraction of sp³-hybridized carbons (Fsp3) is 0.500. The summed E-state index contributed by atoms with van der Waals surface area (Å²) in [6, 6.07) is 0. The van der Waals surface area contributed by atoms with E-state index in [0.29, 0.717) is 0 Å². The first kappa shape index (κ1) is 8.10. The molecule has 0 rings (SSSR count). The molecule has 0 aliphatic carbocycles. The van der Waals surface area contributed by atoms with Gasteiger partial charge in [0.25, 0.3) is 0 Å². The molecule has 3 nitrogen and oxygen atoms in total. The second-order valence-corrected chi connectivity index (χ2v) is 2.13. The molecule has 0 atom stereocenters. The number of rotatable bonds is 1. The molecule has 0 bridgehead atoms. The largest absolute Gasteiger partial charge is 0.339 e. The van der Waals surface area contributed by atoms with Crippen LogP contribution in [0.3, 0.4) is 0 Å². The second-order valence-electron chi connectivity index (χ2n) is 1.27. The highest BCUT2D eigenvalue weighted by molar-refractivity contribution is 9.11. The first-order chi connectivity index (χ1) is 3.48. The first-order valence-electron chi connectivity index (χ1n) is 1.98. The molecular formula is C4H7BrO3. The number of halogens is 1. The Hall–Kier alpha value is 0.1000. The van der Waals surface area contributed by atoms with E-state index in [0.717, 1.165) is 0 Å². The van der Waals surface area contributed by atoms with Crippen molar-refractivity contribution in [2.75, 3.05) is 0 Å². The summed E-state index contributed by atoms with van der Waals surface area (Å²) >= 11 is 2.71. The average Bonchev–Trinajstić information content (AvgIpc) is 1.62. The normalized spacial score (nSPS) is 14.4. The molecular weight excluding hydrogens is 176 g/mol. The fourth-order valence-electron chi connectivity index (χ4n) is 0.194. The summed E-state index contributed by atoms with van der Waals surface area (Å²) in [5.41, 5.74) is 0. The van der Waals surface area contributed by atoms with Gasteiger partial charge in [-0.05, 0) is 22.9 Å². The maximum absolute atomic E-state index is 8.28. The molecule has 0 radical (unpaired) electrons. The average molecular weight is 183 g/mol. The molecule has 0 heterocycles. The molecule has 8 heavy (non-hydrogen) atoms. The van der Waals surface area contributed by atoms with Crippen LogP contribution in [-0.4, -0.2) is 21.3 Å². The predicted molar refractivity (Wildman–Crippen MR) is 32.1 cm³/mol. The van der Waals surface area contributed by atoms with Gasteiger partial charge in [-0.2, -0.15) is 0 Å². The van der Waals surface area contributed by atoms with E-state index in [4.69, 9.17) is 15.3 Å². The van der Waals surface area contributed by atoms with E-state index in [1.807, 2.05) is 0 Å². The molecule has 3 N–H and O–H groups in total. The van der Waals surface area contributed by atoms with Crippen molar-refractivity contribution in [1.82, 2.24) is 0 Å². The van der Waals surface area contributed by atoms with Crippen LogP contribution in [0.2, 0.25) is 0 Å². The van der Waals surface area contributed by atoms with Gasteiger partial charge in [-0.15, -0.1) is 0 Å². The molecule has 0 aliphatic heterocycles. The van der Waals surface area contributed by atoms with Gasteiger partial charge in [-0.1, -0.05) is 6.08 Å². The molecule has 0 unspecified atom stereocenters. The minimum atomic E-state index is -2.71. The lowest BCUT2D eigenvalue weighted by atomic mass is 10.5. The summed E-state index contributed by atoms with van der Waals surface area (Å²) in [5.74, 6) is -2.71. The molecule has 48 valence electrons. The zero-order valence-corrected chi connectivity index (χ0v) is 5.88. The third-order valence-corrected chi connectivity index (χ3v) is 1.56. The Balaban J connectivity index is 4.03. The monoisotopic (exact) mass is 182 g/mol. The van der Waals surface area contributed by atoms with Gasteiger partial charge in [0.1, 0.15) is 0 Å². The maximum Gasteiger partial charge on any atom is 0.310 e. The van der Waals surface area contributed by atoms with Crippen molar-refractivity contribution >= 4 is 15.9 Å². The molecule has 0 aromatic rings. The van der Waals surface area contributed by atoms with Crippen molar-refractivity contribution < 1.29 is 15.3 Å². The van der Waals surface area contributed by atoms with Crippen molar-refractivity contribution in [3.63, 3.8) is 0 Å². The van der Waals surface area contributed by atoms with Crippen molar-refractivity contribution in [3.8, 4) is 0 Å². The number of allylic oxidation sites excluding steroid dienone is 1. The lowest BCUT2D eigenvalue weighted by Gasteiger charge is -2.11. The summed E-state index contributed by atoms with van der Waals surface area (Å²) in [5, 5.41) is 24.8. The number of hydrogen-bond acceptors (Lipinski definition) is 3. The third-order valence-electron chi connectivity index (χ3n) is 0.574. The summed E-state index contributed by atoms with van der Waals surface area (Å²) in [6.07, 6.45) is 1.33. The Morgan fingerprint density at radius 3 is 1.88 bits per heavy atom. The molecule has 0 spiro atoms. The Labute approximate surface area is 55.4 Å². The molecule has 0 aliphatic rings. The molecule has 4 heteroatoms. The number of hydrogen-bond donors (Lipinski definition) is 3. The lowest BCUT2D eigenvalue weighted by Crippen LogP contribution is -2.26. The van der Waals surface area contributed by atoms with E-state index in [2.05, 4.69) is 15.9 Å². The molecule has 0 amide bonds. The van der Waals surface area contributed by atoms with E-state index in [-0.39, 0.29) is 4.48 Å². The van der Waals surface area contributed by atoms with Crippen LogP contribution in [0.4, 0.5) is 0 Å². The van der Waals surface area contributed by atoms with E-state index in [1.54, 1.807) is 6.92 Å². The van der Waals surface area contributed by atoms with Crippen LogP contribution in [0.25, 0.3) is 0 Å². The highest BCUT2D eigenvalue weighted by atomic mass is 79.9. The summed E-state index contributed by atoms with van der Waals surface area (Å²) < 4.78 is -0.0648. The van der Waals surface area contributed by atoms with Crippen molar-refractivity contribution in [2.45, 2.75) is 12.9 Å². The minimum absolute atomic E-state index is 0.0648. The van der Waals surface area contributed by atoms with Gasteiger partial charge in [0.05, 0.1) is 4.48 Å². The zero-order chi connectivity index (χ0) is 6.78. The standard InChI is InChI=1S/C4H7BrO3/c1-2-3(5)4(6,7)8/h2,6-8H,1H3. The lowest BCUT2D eigenvalue weighted by molar-refractivity contribution is -0.275. The SMILES string of the molecule is CC=C(Br)C(O)(O)O. The summed E-state index contributed by atoms with van der Waals surface area (Å²) in [6.45, 7) is 1.56. The maximum atomic E-state index is 8.28. The van der Waals surface area contributed by atoms with E-state index in [1.165, 1.54) is 6.08 Å². The van der Waals surface area contributed by atoms with Crippen LogP contribution in [-0.2, 0) is 0 Å². The summed E-state index contributed by atoms with van der Waals surface area (Å²) in [7, 11) is 0. The fourth-order valence-corrected chi connectivity index (χ4v) is 0.194. The van der Waals surface area contributed by atoms with Crippen molar-refractivity contribution in [1.29, 1.82) is 0 Å². The van der Waals surface area contributed by atoms with Crippen LogP contribution in [0.1, 0.15) is 6.92 Å². The van der Waals surface area contributed by atoms with E-state index < -0.39 is 5.97 Å². The second kappa shape index (κ2) is 2.59. The Morgan fingerprint density at radius 2 is 1.88 bits per heavy atom. The van der Waals surface area contributed by atoms with Crippen molar-refractivity contribution in [3.05, 3.63) is 10.6 Å². The van der Waals surface area contributed by atoms with Crippen molar-refractivity contribution in [2.24, 2.45) is 0 Å². The number of aliphatic hydroxyl groups is 3. The third kappa shape index (κ3) is 2.42. The van der Waals surface area contributed by atoms with E-state index >= 15 is 0 Å². The van der Waals surface area contributed by atoms with Gasteiger partial charge in [0.2, 0.25) is 0 Å². The van der Waals surface area contributed by atoms with E-state index in [9.17, 15) is 0 Å². The highest BCUT2D eigenvalue weighted by Gasteiger charge is 2.21. The first-order valence-corrected chi connectivity index (χ1v) is 2.77. The molecule has 0 saturated carbocycles. The van der Waals surface area contributed by atoms with Crippen LogP contribution in [0, 0.1) is 0 Å². The topological polar surface area (TPSA) is 60.7 Å². The molecule has 0 aromatic heterocycles. The molecule has 0 fully saturated rings. The van der Waals surface area contributed by atoms with Crippen LogP contribution in [0.15, 0.2) is 10.6 Å². The molecule has 0 aromatic carbocycles. The van der Waals surface area contributed by atoms with Gasteiger partial charge in [-0.25, -0.2) is 0 Å². The Morgan fingerprint density at radius 1 is 1.50 bits per heavy atom.